The Hall–Kier alpha value is -3.09. The second kappa shape index (κ2) is 15.4. The molecule has 0 aliphatic heterocycles. The number of hydrogen-bond donors (Lipinski definition) is 8. The van der Waals surface area contributed by atoms with Gasteiger partial charge in [0.2, 0.25) is 17.7 Å². The maximum Gasteiger partial charge on any atom is 0.327 e. The summed E-state index contributed by atoms with van der Waals surface area (Å²) in [6, 6.07) is 3.52. The predicted octanol–water partition coefficient (Wildman–Crippen LogP) is 0.682. The van der Waals surface area contributed by atoms with Gasteiger partial charge in [-0.2, -0.15) is 12.6 Å². The molecule has 38 heavy (non-hydrogen) atoms. The van der Waals surface area contributed by atoms with Gasteiger partial charge in [-0.3, -0.25) is 14.4 Å². The van der Waals surface area contributed by atoms with Gasteiger partial charge in [-0.25, -0.2) is 4.79 Å². The SMILES string of the molecule is CC(C)CC(N)C(=O)NC(Cc1c[nH]c2ccccc12)C(=O)NC(CCCCN)C(=O)NC(CS)C(=O)O. The molecule has 3 amide bonds. The van der Waals surface area contributed by atoms with Gasteiger partial charge >= 0.3 is 5.97 Å². The highest BCUT2D eigenvalue weighted by molar-refractivity contribution is 7.80. The molecular weight excluding hydrogens is 508 g/mol. The molecule has 0 saturated carbocycles. The molecule has 0 fully saturated rings. The molecule has 1 heterocycles. The molecule has 11 nitrogen and oxygen atoms in total. The number of rotatable bonds is 16. The number of nitrogens with one attached hydrogen (secondary N) is 4. The van der Waals surface area contributed by atoms with Crippen molar-refractivity contribution in [2.75, 3.05) is 12.3 Å². The van der Waals surface area contributed by atoms with Crippen molar-refractivity contribution in [1.29, 1.82) is 0 Å². The van der Waals surface area contributed by atoms with Gasteiger partial charge in [-0.15, -0.1) is 0 Å². The second-order valence-electron chi connectivity index (χ2n) is 9.79. The Labute approximate surface area is 228 Å². The molecular formula is C26H40N6O5S. The third-order valence-electron chi connectivity index (χ3n) is 6.17. The molecule has 9 N–H and O–H groups in total. The van der Waals surface area contributed by atoms with E-state index < -0.39 is 47.9 Å². The zero-order valence-corrected chi connectivity index (χ0v) is 22.8. The summed E-state index contributed by atoms with van der Waals surface area (Å²) in [5, 5.41) is 18.1. The van der Waals surface area contributed by atoms with Crippen LogP contribution in [0.1, 0.15) is 45.1 Å². The third kappa shape index (κ3) is 9.34. The lowest BCUT2D eigenvalue weighted by molar-refractivity contribution is -0.141. The van der Waals surface area contributed by atoms with Gasteiger partial charge in [0.05, 0.1) is 6.04 Å². The zero-order chi connectivity index (χ0) is 28.2. The Morgan fingerprint density at radius 2 is 1.61 bits per heavy atom. The number of para-hydroxylation sites is 1. The fourth-order valence-electron chi connectivity index (χ4n) is 4.12. The Bertz CT molecular complexity index is 1090. The van der Waals surface area contributed by atoms with Gasteiger partial charge in [0.15, 0.2) is 0 Å². The fraction of sp³-hybridized carbons (Fsp3) is 0.538. The molecule has 0 radical (unpaired) electrons. The highest BCUT2D eigenvalue weighted by Gasteiger charge is 2.30. The van der Waals surface area contributed by atoms with Crippen LogP contribution in [0.25, 0.3) is 10.9 Å². The minimum Gasteiger partial charge on any atom is -0.480 e. The van der Waals surface area contributed by atoms with Crippen LogP contribution < -0.4 is 27.4 Å². The van der Waals surface area contributed by atoms with Crippen LogP contribution in [0, 0.1) is 5.92 Å². The van der Waals surface area contributed by atoms with Crippen LogP contribution in [0.4, 0.5) is 0 Å². The van der Waals surface area contributed by atoms with Crippen molar-refractivity contribution in [1.82, 2.24) is 20.9 Å². The number of aromatic nitrogens is 1. The van der Waals surface area contributed by atoms with Crippen LogP contribution >= 0.6 is 12.6 Å². The number of H-pyrrole nitrogens is 1. The van der Waals surface area contributed by atoms with Gasteiger partial charge in [-0.1, -0.05) is 32.0 Å². The molecule has 1 aromatic heterocycles. The second-order valence-corrected chi connectivity index (χ2v) is 10.2. The third-order valence-corrected chi connectivity index (χ3v) is 6.54. The summed E-state index contributed by atoms with van der Waals surface area (Å²) < 4.78 is 0. The van der Waals surface area contributed by atoms with Gasteiger partial charge in [-0.05, 0) is 49.8 Å². The summed E-state index contributed by atoms with van der Waals surface area (Å²) in [6.07, 6.45) is 3.77. The molecule has 0 aliphatic rings. The standard InChI is InChI=1S/C26H40N6O5S/c1-15(2)11-18(28)23(33)31-21(12-16-13-29-19-8-4-3-7-17(16)19)25(35)30-20(9-5-6-10-27)24(34)32-22(14-38)26(36)37/h3-4,7-8,13,15,18,20-22,29,38H,5-6,9-12,14,27-28H2,1-2H3,(H,30,35)(H,31,33)(H,32,34)(H,36,37). The number of aliphatic carboxylic acids is 1. The maximum atomic E-state index is 13.5. The number of hydrogen-bond acceptors (Lipinski definition) is 7. The molecule has 0 aliphatic carbocycles. The first-order valence-corrected chi connectivity index (χ1v) is 13.5. The number of carboxylic acid groups (broad SMARTS) is 1. The first kappa shape index (κ1) is 31.1. The van der Waals surface area contributed by atoms with E-state index in [1.54, 1.807) is 6.20 Å². The van der Waals surface area contributed by atoms with E-state index in [0.717, 1.165) is 16.5 Å². The number of carbonyl (C=O) groups excluding carboxylic acids is 3. The highest BCUT2D eigenvalue weighted by Crippen LogP contribution is 2.19. The molecule has 1 aromatic carbocycles. The van der Waals surface area contributed by atoms with Crippen molar-refractivity contribution < 1.29 is 24.3 Å². The number of benzene rings is 1. The van der Waals surface area contributed by atoms with Gasteiger partial charge in [0.25, 0.3) is 0 Å². The number of thiol groups is 1. The molecule has 2 aromatic rings. The molecule has 210 valence electrons. The van der Waals surface area contributed by atoms with Crippen LogP contribution in [-0.2, 0) is 25.6 Å². The average Bonchev–Trinajstić information content (AvgIpc) is 3.28. The van der Waals surface area contributed by atoms with Crippen LogP contribution in [0.3, 0.4) is 0 Å². The number of carbonyl (C=O) groups is 4. The first-order valence-electron chi connectivity index (χ1n) is 12.8. The Balaban J connectivity index is 2.28. The Morgan fingerprint density at radius 3 is 2.24 bits per heavy atom. The number of aromatic amines is 1. The number of unbranched alkanes of at least 4 members (excludes halogenated alkanes) is 1. The van der Waals surface area contributed by atoms with Crippen LogP contribution in [0.2, 0.25) is 0 Å². The van der Waals surface area contributed by atoms with E-state index in [1.807, 2.05) is 38.1 Å². The number of fused-ring (bicyclic) bond motifs is 1. The van der Waals surface area contributed by atoms with Crippen molar-refractivity contribution in [3.63, 3.8) is 0 Å². The van der Waals surface area contributed by atoms with Gasteiger partial charge in [0.1, 0.15) is 18.1 Å². The largest absolute Gasteiger partial charge is 0.480 e. The summed E-state index contributed by atoms with van der Waals surface area (Å²) in [5.74, 6) is -2.86. The molecule has 0 saturated heterocycles. The minimum atomic E-state index is -1.23. The lowest BCUT2D eigenvalue weighted by atomic mass is 10.0. The van der Waals surface area contributed by atoms with Crippen LogP contribution in [-0.4, -0.2) is 70.2 Å². The van der Waals surface area contributed by atoms with Gasteiger partial charge < -0.3 is 37.5 Å². The fourth-order valence-corrected chi connectivity index (χ4v) is 4.36. The zero-order valence-electron chi connectivity index (χ0n) is 21.9. The summed E-state index contributed by atoms with van der Waals surface area (Å²) in [7, 11) is 0. The first-order chi connectivity index (χ1) is 18.1. The van der Waals surface area contributed by atoms with E-state index in [2.05, 4.69) is 33.6 Å². The monoisotopic (exact) mass is 548 g/mol. The molecule has 0 spiro atoms. The van der Waals surface area contributed by atoms with Crippen LogP contribution in [0.15, 0.2) is 30.5 Å². The molecule has 12 heteroatoms. The predicted molar refractivity (Wildman–Crippen MR) is 150 cm³/mol. The molecule has 4 unspecified atom stereocenters. The lowest BCUT2D eigenvalue weighted by Gasteiger charge is -2.25. The van der Waals surface area contributed by atoms with Crippen molar-refractivity contribution in [2.24, 2.45) is 17.4 Å². The maximum absolute atomic E-state index is 13.5. The molecule has 2 rings (SSSR count). The number of carboxylic acids is 1. The number of amides is 3. The lowest BCUT2D eigenvalue weighted by Crippen LogP contribution is -2.57. The van der Waals surface area contributed by atoms with Crippen molar-refractivity contribution in [3.05, 3.63) is 36.0 Å². The summed E-state index contributed by atoms with van der Waals surface area (Å²) >= 11 is 3.98. The topological polar surface area (TPSA) is 192 Å². The summed E-state index contributed by atoms with van der Waals surface area (Å²) in [6.45, 7) is 4.30. The van der Waals surface area contributed by atoms with E-state index >= 15 is 0 Å². The Morgan fingerprint density at radius 1 is 0.974 bits per heavy atom. The average molecular weight is 549 g/mol. The summed E-state index contributed by atoms with van der Waals surface area (Å²) in [4.78, 5) is 53.9. The molecule has 4 atom stereocenters. The van der Waals surface area contributed by atoms with E-state index in [0.29, 0.717) is 25.8 Å². The van der Waals surface area contributed by atoms with E-state index in [-0.39, 0.29) is 24.5 Å². The van der Waals surface area contributed by atoms with Crippen molar-refractivity contribution in [3.8, 4) is 0 Å². The normalized spacial score (nSPS) is 14.5. The minimum absolute atomic E-state index is 0.114. The Kier molecular flexibility index (Phi) is 12.6. The van der Waals surface area contributed by atoms with E-state index in [9.17, 15) is 24.3 Å². The highest BCUT2D eigenvalue weighted by atomic mass is 32.1. The van der Waals surface area contributed by atoms with E-state index in [4.69, 9.17) is 11.5 Å². The van der Waals surface area contributed by atoms with E-state index in [1.165, 1.54) is 0 Å². The number of nitrogens with two attached hydrogens (primary N) is 2. The van der Waals surface area contributed by atoms with Crippen LogP contribution in [0.5, 0.6) is 0 Å². The smallest absolute Gasteiger partial charge is 0.327 e. The van der Waals surface area contributed by atoms with Crippen molar-refractivity contribution >= 4 is 47.2 Å². The molecule has 0 bridgehead atoms. The quantitative estimate of drug-likeness (QED) is 0.112. The van der Waals surface area contributed by atoms with Gasteiger partial charge in [0, 0.05) is 29.3 Å². The summed E-state index contributed by atoms with van der Waals surface area (Å²) in [5.41, 5.74) is 13.3. The van der Waals surface area contributed by atoms with Crippen molar-refractivity contribution in [2.45, 2.75) is 70.1 Å².